The zero-order chi connectivity index (χ0) is 14.6. The third kappa shape index (κ3) is 4.69. The summed E-state index contributed by atoms with van der Waals surface area (Å²) in [6.45, 7) is 0.297. The van der Waals surface area contributed by atoms with Gasteiger partial charge in [0.15, 0.2) is 0 Å². The molecule has 0 spiro atoms. The summed E-state index contributed by atoms with van der Waals surface area (Å²) in [5, 5.41) is 3.12. The van der Waals surface area contributed by atoms with E-state index in [1.165, 1.54) is 17.0 Å². The molecule has 112 valence electrons. The monoisotopic (exact) mass is 304 g/mol. The maximum Gasteiger partial charge on any atom is 0.369 e. The summed E-state index contributed by atoms with van der Waals surface area (Å²) in [4.78, 5) is 24.9. The fourth-order valence-corrected chi connectivity index (χ4v) is 1.90. The van der Waals surface area contributed by atoms with E-state index in [0.717, 1.165) is 12.8 Å². The Kier molecular flexibility index (Phi) is 4.90. The van der Waals surface area contributed by atoms with Gasteiger partial charge in [-0.3, -0.25) is 13.9 Å². The zero-order valence-corrected chi connectivity index (χ0v) is 11.7. The van der Waals surface area contributed by atoms with Gasteiger partial charge in [0.1, 0.15) is 12.2 Å². The minimum atomic E-state index is -3.88. The minimum absolute atomic E-state index is 0.0743. The molecular formula is C10H17N4O5P. The molecule has 0 bridgehead atoms. The van der Waals surface area contributed by atoms with E-state index in [0.29, 0.717) is 11.9 Å². The van der Waals surface area contributed by atoms with Gasteiger partial charge in [-0.25, -0.2) is 15.5 Å². The molecule has 0 aliphatic heterocycles. The Morgan fingerprint density at radius 2 is 2.35 bits per heavy atom. The van der Waals surface area contributed by atoms with Gasteiger partial charge in [-0.2, -0.15) is 0 Å². The van der Waals surface area contributed by atoms with Crippen molar-refractivity contribution >= 4 is 13.4 Å². The van der Waals surface area contributed by atoms with Crippen LogP contribution in [0.2, 0.25) is 0 Å². The zero-order valence-electron chi connectivity index (χ0n) is 10.8. The van der Waals surface area contributed by atoms with E-state index >= 15 is 0 Å². The number of hydrogen-bond donors (Lipinski definition) is 3. The lowest BCUT2D eigenvalue weighted by Gasteiger charge is -2.10. The van der Waals surface area contributed by atoms with Crippen LogP contribution < -0.4 is 16.8 Å². The molecule has 1 aromatic rings. The number of rotatable bonds is 8. The van der Waals surface area contributed by atoms with Crippen LogP contribution in [0.5, 0.6) is 0 Å². The molecule has 9 nitrogen and oxygen atoms in total. The highest BCUT2D eigenvalue weighted by Crippen LogP contribution is 2.38. The molecule has 0 radical (unpaired) electrons. The molecule has 0 aromatic carbocycles. The van der Waals surface area contributed by atoms with E-state index in [1.54, 1.807) is 0 Å². The van der Waals surface area contributed by atoms with E-state index < -0.39 is 13.9 Å². The first-order valence-electron chi connectivity index (χ1n) is 6.11. The van der Waals surface area contributed by atoms with Crippen LogP contribution in [0.15, 0.2) is 17.2 Å². The predicted molar refractivity (Wildman–Crippen MR) is 71.1 cm³/mol. The second-order valence-corrected chi connectivity index (χ2v) is 6.25. The average molecular weight is 304 g/mol. The Morgan fingerprint density at radius 3 is 2.95 bits per heavy atom. The van der Waals surface area contributed by atoms with Crippen molar-refractivity contribution in [2.45, 2.75) is 25.4 Å². The normalized spacial score (nSPS) is 17.7. The van der Waals surface area contributed by atoms with Crippen LogP contribution in [0.3, 0.4) is 0 Å². The van der Waals surface area contributed by atoms with Gasteiger partial charge in [0, 0.05) is 12.1 Å². The third-order valence-corrected chi connectivity index (χ3v) is 3.54. The molecule has 1 saturated carbocycles. The summed E-state index contributed by atoms with van der Waals surface area (Å²) >= 11 is 0. The molecule has 1 unspecified atom stereocenters. The van der Waals surface area contributed by atoms with E-state index in [4.69, 9.17) is 9.63 Å². The van der Waals surface area contributed by atoms with Gasteiger partial charge in [0.2, 0.25) is 0 Å². The van der Waals surface area contributed by atoms with Crippen molar-refractivity contribution in [3.05, 3.63) is 22.7 Å². The topological polar surface area (TPSA) is 129 Å². The molecule has 1 fully saturated rings. The van der Waals surface area contributed by atoms with Crippen molar-refractivity contribution in [3.8, 4) is 0 Å². The molecular weight excluding hydrogens is 287 g/mol. The smallest absolute Gasteiger partial charge is 0.367 e. The molecule has 1 aromatic heterocycles. The highest BCUT2D eigenvalue weighted by Gasteiger charge is 2.21. The van der Waals surface area contributed by atoms with Crippen molar-refractivity contribution in [3.63, 3.8) is 0 Å². The highest BCUT2D eigenvalue weighted by atomic mass is 31.2. The van der Waals surface area contributed by atoms with Crippen molar-refractivity contribution in [1.29, 1.82) is 0 Å². The molecule has 1 aliphatic rings. The number of anilines is 1. The van der Waals surface area contributed by atoms with Gasteiger partial charge in [-0.05, 0) is 12.8 Å². The van der Waals surface area contributed by atoms with E-state index in [1.807, 2.05) is 0 Å². The van der Waals surface area contributed by atoms with Crippen LogP contribution in [-0.2, 0) is 20.5 Å². The molecule has 10 heteroatoms. The summed E-state index contributed by atoms with van der Waals surface area (Å²) in [5.41, 5.74) is -0.214. The van der Waals surface area contributed by atoms with E-state index in [-0.39, 0.29) is 18.7 Å². The highest BCUT2D eigenvalue weighted by molar-refractivity contribution is 7.52. The molecule has 0 amide bonds. The summed E-state index contributed by atoms with van der Waals surface area (Å²) in [7, 11) is -3.88. The second kappa shape index (κ2) is 6.47. The van der Waals surface area contributed by atoms with Gasteiger partial charge >= 0.3 is 7.60 Å². The lowest BCUT2D eigenvalue weighted by Crippen LogP contribution is -2.23. The Bertz CT molecular complexity index is 559. The first-order valence-corrected chi connectivity index (χ1v) is 7.87. The van der Waals surface area contributed by atoms with E-state index in [9.17, 15) is 9.36 Å². The molecule has 1 heterocycles. The second-order valence-electron chi connectivity index (χ2n) is 4.50. The molecule has 4 N–H and O–H groups in total. The third-order valence-electron chi connectivity index (χ3n) is 2.70. The number of aromatic nitrogens is 2. The SMILES string of the molecule is NOP(=O)(O)COCCn1cnc(NC2CC2)cc1=O. The van der Waals surface area contributed by atoms with Gasteiger partial charge in [-0.1, -0.05) is 0 Å². The number of ether oxygens (including phenoxy) is 1. The Balaban J connectivity index is 1.80. The first-order chi connectivity index (χ1) is 9.50. The lowest BCUT2D eigenvalue weighted by molar-refractivity contribution is 0.137. The van der Waals surface area contributed by atoms with Gasteiger partial charge < -0.3 is 14.9 Å². The predicted octanol–water partition coefficient (Wildman–Crippen LogP) is -0.133. The Hall–Kier alpha value is -1.25. The Morgan fingerprint density at radius 1 is 1.60 bits per heavy atom. The van der Waals surface area contributed by atoms with Gasteiger partial charge in [-0.15, -0.1) is 0 Å². The molecule has 1 aliphatic carbocycles. The molecule has 20 heavy (non-hydrogen) atoms. The minimum Gasteiger partial charge on any atom is -0.367 e. The Labute approximate surface area is 115 Å². The molecule has 0 saturated heterocycles. The van der Waals surface area contributed by atoms with Crippen LogP contribution in [-0.4, -0.2) is 33.4 Å². The van der Waals surface area contributed by atoms with Crippen molar-refractivity contribution in [2.75, 3.05) is 18.3 Å². The fraction of sp³-hybridized carbons (Fsp3) is 0.600. The summed E-state index contributed by atoms with van der Waals surface area (Å²) in [6, 6.07) is 1.84. The largest absolute Gasteiger partial charge is 0.369 e. The van der Waals surface area contributed by atoms with Crippen LogP contribution in [0.4, 0.5) is 5.82 Å². The lowest BCUT2D eigenvalue weighted by atomic mass is 10.5. The van der Waals surface area contributed by atoms with Crippen molar-refractivity contribution in [2.24, 2.45) is 5.90 Å². The number of nitrogens with zero attached hydrogens (tertiary/aromatic N) is 2. The van der Waals surface area contributed by atoms with Crippen LogP contribution in [0.25, 0.3) is 0 Å². The van der Waals surface area contributed by atoms with Crippen LogP contribution in [0, 0.1) is 0 Å². The van der Waals surface area contributed by atoms with Crippen molar-refractivity contribution in [1.82, 2.24) is 9.55 Å². The molecule has 1 atom stereocenters. The number of nitrogens with two attached hydrogens (primary N) is 1. The standard InChI is InChI=1S/C10H17N4O5P/c11-19-20(16,17)7-18-4-3-14-6-12-9(5-10(14)15)13-8-1-2-8/h5-6,8,13H,1-4,7,11H2,(H,16,17). The van der Waals surface area contributed by atoms with Gasteiger partial charge in [0.25, 0.3) is 5.56 Å². The van der Waals surface area contributed by atoms with E-state index in [2.05, 4.69) is 20.8 Å². The maximum atomic E-state index is 11.8. The number of hydrogen-bond acceptors (Lipinski definition) is 7. The fourth-order valence-electron chi connectivity index (χ4n) is 1.48. The summed E-state index contributed by atoms with van der Waals surface area (Å²) in [6.07, 6.45) is 3.09. The quantitative estimate of drug-likeness (QED) is 0.344. The summed E-state index contributed by atoms with van der Waals surface area (Å²) in [5.74, 6) is 5.18. The summed E-state index contributed by atoms with van der Waals surface area (Å²) < 4.78 is 21.2. The van der Waals surface area contributed by atoms with Crippen LogP contribution in [0.1, 0.15) is 12.8 Å². The van der Waals surface area contributed by atoms with Gasteiger partial charge in [0.05, 0.1) is 19.5 Å². The average Bonchev–Trinajstić information content (AvgIpc) is 3.21. The number of nitrogens with one attached hydrogen (secondary N) is 1. The maximum absolute atomic E-state index is 11.8. The first kappa shape index (κ1) is 15.1. The van der Waals surface area contributed by atoms with Crippen molar-refractivity contribution < 1.29 is 18.8 Å². The van der Waals surface area contributed by atoms with Crippen LogP contribution >= 0.6 is 7.60 Å². The molecule has 2 rings (SSSR count).